The Bertz CT molecular complexity index is 829. The van der Waals surface area contributed by atoms with Gasteiger partial charge in [0.15, 0.2) is 0 Å². The first-order valence-electron chi connectivity index (χ1n) is 8.45. The number of halogens is 5. The third-order valence-corrected chi connectivity index (χ3v) is 4.02. The van der Waals surface area contributed by atoms with Crippen molar-refractivity contribution < 1.29 is 36.2 Å². The van der Waals surface area contributed by atoms with Crippen molar-refractivity contribution in [3.8, 4) is 11.5 Å². The van der Waals surface area contributed by atoms with Crippen molar-refractivity contribution in [1.82, 2.24) is 4.90 Å². The molecular formula is C19H19F5N2O3. The van der Waals surface area contributed by atoms with Crippen LogP contribution >= 0.6 is 0 Å². The number of likely N-dealkylation sites (N-methyl/N-ethyl adjacent to an activating group) is 1. The molecule has 0 aromatic heterocycles. The number of amides is 1. The summed E-state index contributed by atoms with van der Waals surface area (Å²) in [6.07, 6.45) is -4.84. The first kappa shape index (κ1) is 22.4. The summed E-state index contributed by atoms with van der Waals surface area (Å²) in [5, 5.41) is 2.49. The average Bonchev–Trinajstić information content (AvgIpc) is 2.62. The predicted molar refractivity (Wildman–Crippen MR) is 95.8 cm³/mol. The largest absolute Gasteiger partial charge is 0.573 e. The molecule has 1 N–H and O–H groups in total. The Kier molecular flexibility index (Phi) is 7.38. The van der Waals surface area contributed by atoms with Crippen LogP contribution in [0.5, 0.6) is 11.5 Å². The number of carbonyl (C=O) groups is 1. The van der Waals surface area contributed by atoms with E-state index in [9.17, 15) is 26.7 Å². The summed E-state index contributed by atoms with van der Waals surface area (Å²) in [4.78, 5) is 14.0. The van der Waals surface area contributed by atoms with Crippen LogP contribution < -0.4 is 14.8 Å². The quantitative estimate of drug-likeness (QED) is 0.635. The first-order chi connectivity index (χ1) is 13.6. The molecule has 0 heterocycles. The van der Waals surface area contributed by atoms with E-state index in [-0.39, 0.29) is 29.3 Å². The number of nitrogens with one attached hydrogen (secondary N) is 1. The molecule has 0 aliphatic heterocycles. The molecule has 158 valence electrons. The molecule has 0 aliphatic rings. The molecular weight excluding hydrogens is 399 g/mol. The number of hydrogen-bond donors (Lipinski definition) is 1. The van der Waals surface area contributed by atoms with Crippen molar-refractivity contribution in [1.29, 1.82) is 0 Å². The second-order valence-corrected chi connectivity index (χ2v) is 6.11. The standard InChI is InChI=1S/C19H19F5N2O3/c1-12(17(27)25-14-8-4-6-10-16(14)28-18(20)21)26(2)11-13-7-3-5-9-15(13)29-19(22,23)24/h3-10,12,18H,11H2,1-2H3,(H,25,27). The van der Waals surface area contributed by atoms with Crippen molar-refractivity contribution in [3.63, 3.8) is 0 Å². The number of ether oxygens (including phenoxy) is 2. The minimum Gasteiger partial charge on any atom is -0.433 e. The van der Waals surface area contributed by atoms with E-state index in [2.05, 4.69) is 14.8 Å². The fourth-order valence-electron chi connectivity index (χ4n) is 2.47. The molecule has 2 aromatic carbocycles. The van der Waals surface area contributed by atoms with Crippen molar-refractivity contribution in [2.45, 2.75) is 32.5 Å². The number of rotatable bonds is 8. The summed E-state index contributed by atoms with van der Waals surface area (Å²) in [7, 11) is 1.54. The molecule has 0 fully saturated rings. The van der Waals surface area contributed by atoms with Crippen molar-refractivity contribution in [2.24, 2.45) is 0 Å². The van der Waals surface area contributed by atoms with Crippen molar-refractivity contribution in [3.05, 3.63) is 54.1 Å². The molecule has 0 radical (unpaired) electrons. The van der Waals surface area contributed by atoms with Crippen molar-refractivity contribution in [2.75, 3.05) is 12.4 Å². The SMILES string of the molecule is CC(C(=O)Nc1ccccc1OC(F)F)N(C)Cc1ccccc1OC(F)(F)F. The van der Waals surface area contributed by atoms with Gasteiger partial charge in [-0.2, -0.15) is 8.78 Å². The lowest BCUT2D eigenvalue weighted by Gasteiger charge is -2.25. The number of hydrogen-bond acceptors (Lipinski definition) is 4. The summed E-state index contributed by atoms with van der Waals surface area (Å²) >= 11 is 0. The molecule has 2 aromatic rings. The number of para-hydroxylation sites is 3. The van der Waals surface area contributed by atoms with Gasteiger partial charge in [-0.3, -0.25) is 9.69 Å². The Hall–Kier alpha value is -2.88. The third kappa shape index (κ3) is 6.90. The van der Waals surface area contributed by atoms with Gasteiger partial charge in [0.2, 0.25) is 5.91 Å². The van der Waals surface area contributed by atoms with E-state index in [1.165, 1.54) is 61.3 Å². The molecule has 0 spiro atoms. The number of benzene rings is 2. The van der Waals surface area contributed by atoms with Gasteiger partial charge in [0.25, 0.3) is 0 Å². The Morgan fingerprint density at radius 3 is 2.28 bits per heavy atom. The average molecular weight is 418 g/mol. The van der Waals surface area contributed by atoms with Crippen LogP contribution in [-0.2, 0) is 11.3 Å². The van der Waals surface area contributed by atoms with E-state index >= 15 is 0 Å². The van der Waals surface area contributed by atoms with Gasteiger partial charge < -0.3 is 14.8 Å². The van der Waals surface area contributed by atoms with Crippen LogP contribution in [0.25, 0.3) is 0 Å². The van der Waals surface area contributed by atoms with Gasteiger partial charge >= 0.3 is 13.0 Å². The van der Waals surface area contributed by atoms with Gasteiger partial charge in [0.05, 0.1) is 11.7 Å². The van der Waals surface area contributed by atoms with E-state index in [4.69, 9.17) is 0 Å². The monoisotopic (exact) mass is 418 g/mol. The van der Waals surface area contributed by atoms with Gasteiger partial charge in [0.1, 0.15) is 11.5 Å². The fraction of sp³-hybridized carbons (Fsp3) is 0.316. The first-order valence-corrected chi connectivity index (χ1v) is 8.45. The molecule has 2 rings (SSSR count). The summed E-state index contributed by atoms with van der Waals surface area (Å²) in [5.74, 6) is -1.11. The summed E-state index contributed by atoms with van der Waals surface area (Å²) < 4.78 is 71.0. The summed E-state index contributed by atoms with van der Waals surface area (Å²) in [5.41, 5.74) is 0.285. The van der Waals surface area contributed by atoms with Gasteiger partial charge in [-0.1, -0.05) is 30.3 Å². The van der Waals surface area contributed by atoms with E-state index in [1.54, 1.807) is 6.07 Å². The maximum absolute atomic E-state index is 12.6. The third-order valence-electron chi connectivity index (χ3n) is 4.02. The minimum absolute atomic E-state index is 0.0178. The van der Waals surface area contributed by atoms with Gasteiger partial charge in [0, 0.05) is 12.1 Å². The van der Waals surface area contributed by atoms with Crippen LogP contribution in [0.2, 0.25) is 0 Å². The highest BCUT2D eigenvalue weighted by molar-refractivity contribution is 5.95. The number of carbonyl (C=O) groups excluding carboxylic acids is 1. The van der Waals surface area contributed by atoms with E-state index in [0.717, 1.165) is 0 Å². The second kappa shape index (κ2) is 9.55. The molecule has 1 unspecified atom stereocenters. The zero-order valence-corrected chi connectivity index (χ0v) is 15.5. The summed E-state index contributed by atoms with van der Waals surface area (Å²) in [6, 6.07) is 10.5. The van der Waals surface area contributed by atoms with Crippen LogP contribution in [0.3, 0.4) is 0 Å². The number of alkyl halides is 5. The Balaban J connectivity index is 2.08. The highest BCUT2D eigenvalue weighted by Gasteiger charge is 2.32. The van der Waals surface area contributed by atoms with Gasteiger partial charge in [-0.05, 0) is 32.2 Å². The van der Waals surface area contributed by atoms with E-state index in [1.807, 2.05) is 0 Å². The van der Waals surface area contributed by atoms with E-state index in [0.29, 0.717) is 0 Å². The smallest absolute Gasteiger partial charge is 0.433 e. The summed E-state index contributed by atoms with van der Waals surface area (Å²) in [6.45, 7) is -1.55. The molecule has 0 aliphatic carbocycles. The molecule has 1 atom stereocenters. The predicted octanol–water partition coefficient (Wildman–Crippen LogP) is 4.65. The second-order valence-electron chi connectivity index (χ2n) is 6.11. The van der Waals surface area contributed by atoms with Crippen LogP contribution in [0.1, 0.15) is 12.5 Å². The topological polar surface area (TPSA) is 50.8 Å². The zero-order chi connectivity index (χ0) is 21.6. The van der Waals surface area contributed by atoms with Crippen LogP contribution in [0.15, 0.2) is 48.5 Å². The maximum Gasteiger partial charge on any atom is 0.573 e. The molecule has 0 saturated carbocycles. The zero-order valence-electron chi connectivity index (χ0n) is 15.5. The normalized spacial score (nSPS) is 12.7. The van der Waals surface area contributed by atoms with Crippen LogP contribution in [-0.4, -0.2) is 36.9 Å². The molecule has 0 bridgehead atoms. The molecule has 5 nitrogen and oxygen atoms in total. The lowest BCUT2D eigenvalue weighted by Crippen LogP contribution is -2.39. The Morgan fingerprint density at radius 1 is 1.07 bits per heavy atom. The van der Waals surface area contributed by atoms with Crippen LogP contribution in [0.4, 0.5) is 27.6 Å². The highest BCUT2D eigenvalue weighted by atomic mass is 19.4. The Morgan fingerprint density at radius 2 is 1.66 bits per heavy atom. The molecule has 0 saturated heterocycles. The molecule has 10 heteroatoms. The number of anilines is 1. The van der Waals surface area contributed by atoms with E-state index < -0.39 is 24.9 Å². The molecule has 29 heavy (non-hydrogen) atoms. The maximum atomic E-state index is 12.6. The number of nitrogens with zero attached hydrogens (tertiary/aromatic N) is 1. The lowest BCUT2D eigenvalue weighted by atomic mass is 10.1. The van der Waals surface area contributed by atoms with Crippen LogP contribution in [0, 0.1) is 0 Å². The van der Waals surface area contributed by atoms with Gasteiger partial charge in [-0.15, -0.1) is 13.2 Å². The highest BCUT2D eigenvalue weighted by Crippen LogP contribution is 2.28. The fourth-order valence-corrected chi connectivity index (χ4v) is 2.47. The molecule has 1 amide bonds. The minimum atomic E-state index is -4.84. The lowest BCUT2D eigenvalue weighted by molar-refractivity contribution is -0.275. The Labute approximate surface area is 164 Å². The van der Waals surface area contributed by atoms with Gasteiger partial charge in [-0.25, -0.2) is 0 Å². The van der Waals surface area contributed by atoms with Crippen molar-refractivity contribution >= 4 is 11.6 Å².